The molecule has 0 aromatic heterocycles. The first kappa shape index (κ1) is 16.9. The molecule has 0 bridgehead atoms. The quantitative estimate of drug-likeness (QED) is 0.680. The molecule has 19 heavy (non-hydrogen) atoms. The van der Waals surface area contributed by atoms with E-state index in [0.29, 0.717) is 25.0 Å². The van der Waals surface area contributed by atoms with E-state index in [1.165, 1.54) is 6.26 Å². The molecular formula is C13H28N2O3S. The maximum atomic E-state index is 11.6. The summed E-state index contributed by atoms with van der Waals surface area (Å²) in [7, 11) is -1.07. The van der Waals surface area contributed by atoms with Gasteiger partial charge in [0.15, 0.2) is 0 Å². The zero-order valence-electron chi connectivity index (χ0n) is 12.4. The van der Waals surface area contributed by atoms with Crippen LogP contribution in [0.25, 0.3) is 0 Å². The minimum atomic E-state index is -3.03. The highest BCUT2D eigenvalue weighted by atomic mass is 32.2. The maximum absolute atomic E-state index is 11.6. The van der Waals surface area contributed by atoms with Crippen LogP contribution < -0.4 is 5.32 Å². The molecule has 1 aliphatic rings. The van der Waals surface area contributed by atoms with Gasteiger partial charge in [0.05, 0.1) is 6.26 Å². The molecule has 0 aromatic carbocycles. The van der Waals surface area contributed by atoms with Gasteiger partial charge in [-0.1, -0.05) is 0 Å². The number of nitrogens with one attached hydrogen (secondary N) is 1. The molecule has 1 fully saturated rings. The average molecular weight is 292 g/mol. The molecule has 0 amide bonds. The van der Waals surface area contributed by atoms with Crippen molar-refractivity contribution in [2.24, 2.45) is 5.92 Å². The second-order valence-corrected chi connectivity index (χ2v) is 7.32. The van der Waals surface area contributed by atoms with Crippen molar-refractivity contribution in [2.75, 3.05) is 39.6 Å². The molecule has 1 saturated heterocycles. The minimum Gasteiger partial charge on any atom is -0.382 e. The van der Waals surface area contributed by atoms with E-state index >= 15 is 0 Å². The highest BCUT2D eigenvalue weighted by Gasteiger charge is 2.27. The minimum absolute atomic E-state index is 0.413. The Morgan fingerprint density at radius 2 is 2.21 bits per heavy atom. The Morgan fingerprint density at radius 1 is 1.47 bits per heavy atom. The van der Waals surface area contributed by atoms with Crippen molar-refractivity contribution in [1.82, 2.24) is 9.62 Å². The molecule has 0 saturated carbocycles. The normalized spacial score (nSPS) is 23.4. The summed E-state index contributed by atoms with van der Waals surface area (Å²) in [6.07, 6.45) is 5.41. The lowest BCUT2D eigenvalue weighted by molar-refractivity contribution is 0.131. The van der Waals surface area contributed by atoms with Crippen LogP contribution in [0.3, 0.4) is 0 Å². The SMILES string of the molecule is CCOCCC(CC1CCCN(S(C)(=O)=O)C1)NC. The molecule has 0 aliphatic carbocycles. The highest BCUT2D eigenvalue weighted by Crippen LogP contribution is 2.23. The molecule has 0 aromatic rings. The van der Waals surface area contributed by atoms with Gasteiger partial charge in [-0.25, -0.2) is 12.7 Å². The summed E-state index contributed by atoms with van der Waals surface area (Å²) < 4.78 is 30.2. The van der Waals surface area contributed by atoms with E-state index in [9.17, 15) is 8.42 Å². The lowest BCUT2D eigenvalue weighted by Gasteiger charge is -2.33. The van der Waals surface area contributed by atoms with Crippen molar-refractivity contribution in [2.45, 2.75) is 38.6 Å². The Hall–Kier alpha value is -0.170. The van der Waals surface area contributed by atoms with Crippen LogP contribution in [0.4, 0.5) is 0 Å². The predicted molar refractivity (Wildman–Crippen MR) is 77.7 cm³/mol. The highest BCUT2D eigenvalue weighted by molar-refractivity contribution is 7.88. The van der Waals surface area contributed by atoms with E-state index in [4.69, 9.17) is 4.74 Å². The zero-order valence-corrected chi connectivity index (χ0v) is 13.2. The second kappa shape index (κ2) is 8.19. The van der Waals surface area contributed by atoms with E-state index in [1.807, 2.05) is 14.0 Å². The summed E-state index contributed by atoms with van der Waals surface area (Å²) >= 11 is 0. The molecule has 0 spiro atoms. The smallest absolute Gasteiger partial charge is 0.211 e. The summed E-state index contributed by atoms with van der Waals surface area (Å²) in [5, 5.41) is 3.31. The third-order valence-corrected chi connectivity index (χ3v) is 5.06. The number of sulfonamides is 1. The van der Waals surface area contributed by atoms with Crippen LogP contribution >= 0.6 is 0 Å². The van der Waals surface area contributed by atoms with E-state index in [1.54, 1.807) is 4.31 Å². The van der Waals surface area contributed by atoms with Crippen molar-refractivity contribution in [3.63, 3.8) is 0 Å². The number of piperidine rings is 1. The number of ether oxygens (including phenoxy) is 1. The monoisotopic (exact) mass is 292 g/mol. The predicted octanol–water partition coefficient (Wildman–Crippen LogP) is 1.06. The van der Waals surface area contributed by atoms with Crippen molar-refractivity contribution in [3.05, 3.63) is 0 Å². The summed E-state index contributed by atoms with van der Waals surface area (Å²) in [5.74, 6) is 0.461. The topological polar surface area (TPSA) is 58.6 Å². The third-order valence-electron chi connectivity index (χ3n) is 3.79. The molecule has 2 unspecified atom stereocenters. The van der Waals surface area contributed by atoms with Crippen LogP contribution in [-0.2, 0) is 14.8 Å². The zero-order chi connectivity index (χ0) is 14.3. The van der Waals surface area contributed by atoms with Gasteiger partial charge >= 0.3 is 0 Å². The van der Waals surface area contributed by atoms with Crippen molar-refractivity contribution >= 4 is 10.0 Å². The first-order chi connectivity index (χ1) is 8.97. The number of hydrogen-bond donors (Lipinski definition) is 1. The number of rotatable bonds is 8. The second-order valence-electron chi connectivity index (χ2n) is 5.34. The summed E-state index contributed by atoms with van der Waals surface area (Å²) in [6.45, 7) is 4.87. The van der Waals surface area contributed by atoms with E-state index in [0.717, 1.165) is 38.9 Å². The number of nitrogens with zero attached hydrogens (tertiary/aromatic N) is 1. The van der Waals surface area contributed by atoms with Crippen molar-refractivity contribution < 1.29 is 13.2 Å². The largest absolute Gasteiger partial charge is 0.382 e. The van der Waals surface area contributed by atoms with Gasteiger partial charge < -0.3 is 10.1 Å². The fraction of sp³-hybridized carbons (Fsp3) is 1.00. The first-order valence-electron chi connectivity index (χ1n) is 7.17. The molecule has 1 aliphatic heterocycles. The molecule has 5 nitrogen and oxygen atoms in total. The third kappa shape index (κ3) is 6.21. The Labute approximate surface area is 117 Å². The van der Waals surface area contributed by atoms with Crippen LogP contribution in [0.1, 0.15) is 32.6 Å². The summed E-state index contributed by atoms with van der Waals surface area (Å²) in [5.41, 5.74) is 0. The van der Waals surface area contributed by atoms with Gasteiger partial charge in [-0.3, -0.25) is 0 Å². The van der Waals surface area contributed by atoms with Gasteiger partial charge in [0, 0.05) is 32.3 Å². The molecule has 1 heterocycles. The van der Waals surface area contributed by atoms with Gasteiger partial charge in [0.25, 0.3) is 0 Å². The molecule has 114 valence electrons. The average Bonchev–Trinajstić information content (AvgIpc) is 2.37. The van der Waals surface area contributed by atoms with Gasteiger partial charge in [-0.2, -0.15) is 0 Å². The van der Waals surface area contributed by atoms with Crippen LogP contribution in [0.2, 0.25) is 0 Å². The van der Waals surface area contributed by atoms with E-state index in [-0.39, 0.29) is 0 Å². The molecule has 0 radical (unpaired) electrons. The standard InChI is InChI=1S/C13H28N2O3S/c1-4-18-9-7-13(14-2)10-12-6-5-8-15(11-12)19(3,16)17/h12-14H,4-11H2,1-3H3. The molecule has 6 heteroatoms. The van der Waals surface area contributed by atoms with Crippen LogP contribution in [0.5, 0.6) is 0 Å². The van der Waals surface area contributed by atoms with Crippen LogP contribution in [-0.4, -0.2) is 58.4 Å². The molecule has 1 rings (SSSR count). The summed E-state index contributed by atoms with van der Waals surface area (Å²) in [4.78, 5) is 0. The van der Waals surface area contributed by atoms with E-state index in [2.05, 4.69) is 5.32 Å². The van der Waals surface area contributed by atoms with Crippen molar-refractivity contribution in [3.8, 4) is 0 Å². The lowest BCUT2D eigenvalue weighted by Crippen LogP contribution is -2.41. The first-order valence-corrected chi connectivity index (χ1v) is 9.02. The maximum Gasteiger partial charge on any atom is 0.211 e. The summed E-state index contributed by atoms with van der Waals surface area (Å²) in [6, 6.07) is 0.413. The fourth-order valence-corrected chi connectivity index (χ4v) is 3.62. The Kier molecular flexibility index (Phi) is 7.28. The molecule has 1 N–H and O–H groups in total. The van der Waals surface area contributed by atoms with Crippen LogP contribution in [0, 0.1) is 5.92 Å². The van der Waals surface area contributed by atoms with E-state index < -0.39 is 10.0 Å². The van der Waals surface area contributed by atoms with Crippen molar-refractivity contribution in [1.29, 1.82) is 0 Å². The Balaban J connectivity index is 2.41. The van der Waals surface area contributed by atoms with Gasteiger partial charge in [0.1, 0.15) is 0 Å². The Morgan fingerprint density at radius 3 is 2.79 bits per heavy atom. The lowest BCUT2D eigenvalue weighted by atomic mass is 9.91. The van der Waals surface area contributed by atoms with Gasteiger partial charge in [0.2, 0.25) is 10.0 Å². The van der Waals surface area contributed by atoms with Gasteiger partial charge in [-0.15, -0.1) is 0 Å². The fourth-order valence-electron chi connectivity index (χ4n) is 2.67. The number of hydrogen-bond acceptors (Lipinski definition) is 4. The Bertz CT molecular complexity index is 346. The molecule has 2 atom stereocenters. The molecular weight excluding hydrogens is 264 g/mol. The van der Waals surface area contributed by atoms with Gasteiger partial charge in [-0.05, 0) is 45.6 Å². The van der Waals surface area contributed by atoms with Crippen LogP contribution in [0.15, 0.2) is 0 Å².